The Hall–Kier alpha value is -3.77. The topological polar surface area (TPSA) is 75.0 Å². The average Bonchev–Trinajstić information content (AvgIpc) is 2.80. The number of ether oxygens (including phenoxy) is 3. The Morgan fingerprint density at radius 1 is 0.912 bits per heavy atom. The van der Waals surface area contributed by atoms with Crippen molar-refractivity contribution in [2.24, 2.45) is 0 Å². The highest BCUT2D eigenvalue weighted by Gasteiger charge is 2.15. The Bertz CT molecular complexity index is 1370. The van der Waals surface area contributed by atoms with Crippen LogP contribution in [-0.2, 0) is 10.2 Å². The number of halogens is 1. The molecule has 174 valence electrons. The molecule has 0 radical (unpaired) electrons. The summed E-state index contributed by atoms with van der Waals surface area (Å²) in [7, 11) is 0. The molecule has 3 aromatic carbocycles. The lowest BCUT2D eigenvalue weighted by molar-refractivity contribution is -0.136. The van der Waals surface area contributed by atoms with Crippen molar-refractivity contribution >= 4 is 28.5 Å². The highest BCUT2D eigenvalue weighted by molar-refractivity contribution is 6.30. The van der Waals surface area contributed by atoms with Crippen molar-refractivity contribution in [2.45, 2.75) is 26.2 Å². The summed E-state index contributed by atoms with van der Waals surface area (Å²) >= 11 is 5.82. The molecule has 1 aromatic heterocycles. The van der Waals surface area contributed by atoms with Crippen molar-refractivity contribution in [2.75, 3.05) is 6.61 Å². The minimum absolute atomic E-state index is 0.0175. The van der Waals surface area contributed by atoms with Gasteiger partial charge in [-0.15, -0.1) is 0 Å². The standard InChI is InChI=1S/C27H23ClO6/c1-27(2,3)17-4-8-20(9-5-17)33-24-15-32-23-14-21(12-13-22(23)26(24)30)34-25(29)16-31-19-10-6-18(28)7-11-19/h4-15H,16H2,1-3H3. The van der Waals surface area contributed by atoms with E-state index in [2.05, 4.69) is 20.8 Å². The van der Waals surface area contributed by atoms with Gasteiger partial charge in [0.25, 0.3) is 0 Å². The molecule has 6 nitrogen and oxygen atoms in total. The molecular weight excluding hydrogens is 456 g/mol. The molecule has 4 rings (SSSR count). The molecule has 7 heteroatoms. The number of fused-ring (bicyclic) bond motifs is 1. The summed E-state index contributed by atoms with van der Waals surface area (Å²) < 4.78 is 22.0. The summed E-state index contributed by atoms with van der Waals surface area (Å²) in [5, 5.41) is 0.876. The van der Waals surface area contributed by atoms with Crippen LogP contribution in [-0.4, -0.2) is 12.6 Å². The molecule has 0 aliphatic rings. The molecule has 0 atom stereocenters. The molecule has 0 saturated heterocycles. The van der Waals surface area contributed by atoms with Gasteiger partial charge in [-0.1, -0.05) is 44.5 Å². The molecule has 0 amide bonds. The van der Waals surface area contributed by atoms with E-state index < -0.39 is 5.97 Å². The van der Waals surface area contributed by atoms with Gasteiger partial charge in [-0.05, 0) is 59.5 Å². The fraction of sp³-hybridized carbons (Fsp3) is 0.185. The SMILES string of the molecule is CC(C)(C)c1ccc(Oc2coc3cc(OC(=O)COc4ccc(Cl)cc4)ccc3c2=O)cc1. The van der Waals surface area contributed by atoms with Gasteiger partial charge in [-0.3, -0.25) is 4.79 Å². The number of esters is 1. The fourth-order valence-corrected chi connectivity index (χ4v) is 3.33. The van der Waals surface area contributed by atoms with Gasteiger partial charge in [-0.25, -0.2) is 4.79 Å². The van der Waals surface area contributed by atoms with E-state index in [0.29, 0.717) is 21.9 Å². The van der Waals surface area contributed by atoms with Gasteiger partial charge in [0, 0.05) is 11.1 Å². The van der Waals surface area contributed by atoms with E-state index in [1.165, 1.54) is 24.5 Å². The second kappa shape index (κ2) is 9.61. The van der Waals surface area contributed by atoms with Gasteiger partial charge in [0.15, 0.2) is 6.61 Å². The third-order valence-electron chi connectivity index (χ3n) is 5.06. The summed E-state index contributed by atoms with van der Waals surface area (Å²) in [6.45, 7) is 6.08. The van der Waals surface area contributed by atoms with Crippen LogP contribution in [0.3, 0.4) is 0 Å². The first-order valence-corrected chi connectivity index (χ1v) is 11.0. The zero-order valence-electron chi connectivity index (χ0n) is 19.0. The number of hydrogen-bond donors (Lipinski definition) is 0. The zero-order chi connectivity index (χ0) is 24.3. The van der Waals surface area contributed by atoms with E-state index in [4.69, 9.17) is 30.2 Å². The van der Waals surface area contributed by atoms with Crippen LogP contribution < -0.4 is 19.6 Å². The molecule has 0 aliphatic heterocycles. The first-order chi connectivity index (χ1) is 16.2. The van der Waals surface area contributed by atoms with Crippen LogP contribution in [0.5, 0.6) is 23.0 Å². The number of benzene rings is 3. The van der Waals surface area contributed by atoms with Crippen LogP contribution in [0.1, 0.15) is 26.3 Å². The minimum atomic E-state index is -0.602. The second-order valence-electron chi connectivity index (χ2n) is 8.68. The maximum atomic E-state index is 12.9. The Kier molecular flexibility index (Phi) is 6.61. The first kappa shape index (κ1) is 23.4. The molecule has 0 fully saturated rings. The number of carbonyl (C=O) groups excluding carboxylic acids is 1. The molecule has 0 aliphatic carbocycles. The van der Waals surface area contributed by atoms with Crippen LogP contribution in [0, 0.1) is 0 Å². The third kappa shape index (κ3) is 5.58. The van der Waals surface area contributed by atoms with Gasteiger partial charge in [0.2, 0.25) is 11.2 Å². The van der Waals surface area contributed by atoms with Gasteiger partial charge in [0.1, 0.15) is 29.1 Å². The fourth-order valence-electron chi connectivity index (χ4n) is 3.21. The maximum absolute atomic E-state index is 12.9. The van der Waals surface area contributed by atoms with Crippen molar-refractivity contribution in [3.05, 3.63) is 93.8 Å². The summed E-state index contributed by atoms with van der Waals surface area (Å²) in [5.74, 6) is 0.719. The lowest BCUT2D eigenvalue weighted by Crippen LogP contribution is -2.17. The Morgan fingerprint density at radius 3 is 2.24 bits per heavy atom. The second-order valence-corrected chi connectivity index (χ2v) is 9.12. The Balaban J connectivity index is 1.44. The number of hydrogen-bond acceptors (Lipinski definition) is 6. The van der Waals surface area contributed by atoms with Crippen molar-refractivity contribution in [3.63, 3.8) is 0 Å². The van der Waals surface area contributed by atoms with Crippen molar-refractivity contribution in [1.82, 2.24) is 0 Å². The molecule has 4 aromatic rings. The summed E-state index contributed by atoms with van der Waals surface area (Å²) in [4.78, 5) is 25.0. The van der Waals surface area contributed by atoms with Crippen LogP contribution in [0.25, 0.3) is 11.0 Å². The predicted octanol–water partition coefficient (Wildman–Crippen LogP) is 6.52. The van der Waals surface area contributed by atoms with E-state index in [1.807, 2.05) is 24.3 Å². The molecular formula is C27H23ClO6. The normalized spacial score (nSPS) is 11.3. The first-order valence-electron chi connectivity index (χ1n) is 10.6. The molecule has 0 spiro atoms. The van der Waals surface area contributed by atoms with E-state index in [1.54, 1.807) is 24.3 Å². The summed E-state index contributed by atoms with van der Waals surface area (Å²) in [6, 6.07) is 18.7. The van der Waals surface area contributed by atoms with Crippen LogP contribution in [0.4, 0.5) is 0 Å². The van der Waals surface area contributed by atoms with Crippen molar-refractivity contribution in [3.8, 4) is 23.0 Å². The van der Waals surface area contributed by atoms with E-state index in [0.717, 1.165) is 5.56 Å². The lowest BCUT2D eigenvalue weighted by atomic mass is 9.87. The number of carbonyl (C=O) groups is 1. The molecule has 1 heterocycles. The molecule has 0 unspecified atom stereocenters. The summed E-state index contributed by atoms with van der Waals surface area (Å²) in [5.41, 5.74) is 1.12. The van der Waals surface area contributed by atoms with E-state index in [-0.39, 0.29) is 34.5 Å². The molecule has 0 saturated carbocycles. The van der Waals surface area contributed by atoms with Gasteiger partial charge in [-0.2, -0.15) is 0 Å². The van der Waals surface area contributed by atoms with Crippen LogP contribution >= 0.6 is 11.6 Å². The predicted molar refractivity (Wildman–Crippen MR) is 130 cm³/mol. The molecule has 34 heavy (non-hydrogen) atoms. The largest absolute Gasteiger partial charge is 0.482 e. The van der Waals surface area contributed by atoms with Crippen LogP contribution in [0.15, 0.2) is 82.2 Å². The third-order valence-corrected chi connectivity index (χ3v) is 5.32. The highest BCUT2D eigenvalue weighted by Crippen LogP contribution is 2.27. The van der Waals surface area contributed by atoms with Crippen molar-refractivity contribution in [1.29, 1.82) is 0 Å². The Labute approximate surface area is 201 Å². The number of rotatable bonds is 6. The maximum Gasteiger partial charge on any atom is 0.349 e. The smallest absolute Gasteiger partial charge is 0.349 e. The quantitative estimate of drug-likeness (QED) is 0.232. The van der Waals surface area contributed by atoms with E-state index in [9.17, 15) is 9.59 Å². The van der Waals surface area contributed by atoms with Gasteiger partial charge in [0.05, 0.1) is 5.39 Å². The van der Waals surface area contributed by atoms with Gasteiger partial charge < -0.3 is 18.6 Å². The van der Waals surface area contributed by atoms with Crippen molar-refractivity contribution < 1.29 is 23.4 Å². The average molecular weight is 479 g/mol. The summed E-state index contributed by atoms with van der Waals surface area (Å²) in [6.07, 6.45) is 1.25. The minimum Gasteiger partial charge on any atom is -0.482 e. The van der Waals surface area contributed by atoms with Crippen LogP contribution in [0.2, 0.25) is 5.02 Å². The zero-order valence-corrected chi connectivity index (χ0v) is 19.7. The Morgan fingerprint density at radius 2 is 1.56 bits per heavy atom. The highest BCUT2D eigenvalue weighted by atomic mass is 35.5. The van der Waals surface area contributed by atoms with E-state index >= 15 is 0 Å². The molecule has 0 N–H and O–H groups in total. The molecule has 0 bridgehead atoms. The van der Waals surface area contributed by atoms with Gasteiger partial charge >= 0.3 is 5.97 Å². The lowest BCUT2D eigenvalue weighted by Gasteiger charge is -2.19. The monoisotopic (exact) mass is 478 g/mol.